The summed E-state index contributed by atoms with van der Waals surface area (Å²) in [5.74, 6) is -1.11. The molecule has 4 rings (SSSR count). The van der Waals surface area contributed by atoms with Gasteiger partial charge >= 0.3 is 0 Å². The van der Waals surface area contributed by atoms with Crippen LogP contribution in [0.5, 0.6) is 5.88 Å². The summed E-state index contributed by atoms with van der Waals surface area (Å²) in [6, 6.07) is 8.16. The molecule has 1 saturated heterocycles. The van der Waals surface area contributed by atoms with Crippen LogP contribution in [0.1, 0.15) is 38.4 Å². The predicted octanol–water partition coefficient (Wildman–Crippen LogP) is 3.81. The number of amides is 2. The van der Waals surface area contributed by atoms with Gasteiger partial charge in [0.25, 0.3) is 17.6 Å². The summed E-state index contributed by atoms with van der Waals surface area (Å²) in [5, 5.41) is 2.16. The van der Waals surface area contributed by atoms with Gasteiger partial charge in [-0.25, -0.2) is 9.37 Å². The van der Waals surface area contributed by atoms with E-state index in [0.29, 0.717) is 29.9 Å². The van der Waals surface area contributed by atoms with Gasteiger partial charge in [-0.3, -0.25) is 14.4 Å². The number of pyridine rings is 1. The van der Waals surface area contributed by atoms with E-state index in [1.807, 2.05) is 0 Å². The van der Waals surface area contributed by atoms with Crippen molar-refractivity contribution in [1.82, 2.24) is 14.8 Å². The number of methoxy groups -OCH3 is 1. The zero-order valence-electron chi connectivity index (χ0n) is 19.3. The number of halogens is 1. The first kappa shape index (κ1) is 23.8. The molecule has 2 aromatic heterocycles. The molecule has 0 atom stereocenters. The first-order valence-corrected chi connectivity index (χ1v) is 11.9. The summed E-state index contributed by atoms with van der Waals surface area (Å²) in [5.41, 5.74) is 1.87. The number of benzene rings is 1. The van der Waals surface area contributed by atoms with Crippen LogP contribution in [0.2, 0.25) is 0 Å². The second-order valence-electron chi connectivity index (χ2n) is 8.64. The summed E-state index contributed by atoms with van der Waals surface area (Å²) in [6.45, 7) is 1.17. The Labute approximate surface area is 201 Å². The number of carbonyl (C=O) groups excluding carboxylic acids is 3. The Hall–Kier alpha value is -3.33. The van der Waals surface area contributed by atoms with Crippen LogP contribution in [0.25, 0.3) is 10.9 Å². The largest absolute Gasteiger partial charge is 0.480 e. The van der Waals surface area contributed by atoms with E-state index >= 15 is 0 Å². The zero-order chi connectivity index (χ0) is 24.4. The molecule has 0 bridgehead atoms. The third kappa shape index (κ3) is 4.79. The van der Waals surface area contributed by atoms with E-state index in [2.05, 4.69) is 4.98 Å². The molecule has 178 valence electrons. The molecule has 2 amide bonds. The quantitative estimate of drug-likeness (QED) is 0.394. The van der Waals surface area contributed by atoms with Gasteiger partial charge in [0, 0.05) is 38.0 Å². The first-order chi connectivity index (χ1) is 16.3. The molecule has 0 aliphatic carbocycles. The Morgan fingerprint density at radius 2 is 1.85 bits per heavy atom. The second kappa shape index (κ2) is 9.89. The highest BCUT2D eigenvalue weighted by atomic mass is 32.1. The Bertz CT molecular complexity index is 1230. The van der Waals surface area contributed by atoms with Crippen LogP contribution in [0.4, 0.5) is 4.39 Å². The second-order valence-corrected chi connectivity index (χ2v) is 9.52. The Morgan fingerprint density at radius 1 is 1.18 bits per heavy atom. The Balaban J connectivity index is 1.52. The van der Waals surface area contributed by atoms with Crippen LogP contribution in [0.3, 0.4) is 0 Å². The number of Topliss-reactive ketones (excluding diaryl/α,β-unsaturated/α-hetero) is 1. The van der Waals surface area contributed by atoms with Crippen LogP contribution in [-0.2, 0) is 11.2 Å². The van der Waals surface area contributed by atoms with Gasteiger partial charge in [-0.15, -0.1) is 11.3 Å². The van der Waals surface area contributed by atoms with E-state index < -0.39 is 11.7 Å². The molecule has 9 heteroatoms. The standard InChI is InChI=1S/C25H26FN3O4S/c1-28(2)25(32)21(30)22-18-13-19(23(33-3)27-20(18)14-34-22)24(31)29-10-8-16(9-11-29)12-15-4-6-17(26)7-5-15/h4-7,13-14,16H,8-12H2,1-3H3. The average Bonchev–Trinajstić information content (AvgIpc) is 3.26. The van der Waals surface area contributed by atoms with Gasteiger partial charge in [0.1, 0.15) is 11.4 Å². The molecule has 0 saturated carbocycles. The summed E-state index contributed by atoms with van der Waals surface area (Å²) in [7, 11) is 4.49. The summed E-state index contributed by atoms with van der Waals surface area (Å²) >= 11 is 1.13. The van der Waals surface area contributed by atoms with Gasteiger partial charge in [0.2, 0.25) is 5.88 Å². The molecule has 1 aliphatic rings. The fourth-order valence-electron chi connectivity index (χ4n) is 4.21. The van der Waals surface area contributed by atoms with Crippen molar-refractivity contribution in [2.75, 3.05) is 34.3 Å². The Kier molecular flexibility index (Phi) is 6.92. The SMILES string of the molecule is COc1nc2csc(C(=O)C(=O)N(C)C)c2cc1C(=O)N1CCC(Cc2ccc(F)cc2)CC1. The number of carbonyl (C=O) groups is 3. The maximum Gasteiger partial charge on any atom is 0.295 e. The van der Waals surface area contributed by atoms with Crippen molar-refractivity contribution >= 4 is 39.8 Å². The Morgan fingerprint density at radius 3 is 2.47 bits per heavy atom. The third-order valence-corrected chi connectivity index (χ3v) is 7.10. The molecule has 1 aliphatic heterocycles. The molecule has 1 fully saturated rings. The number of aromatic nitrogens is 1. The van der Waals surface area contributed by atoms with Gasteiger partial charge < -0.3 is 14.5 Å². The minimum atomic E-state index is -0.629. The van der Waals surface area contributed by atoms with Gasteiger partial charge in [0.15, 0.2) is 0 Å². The maximum absolute atomic E-state index is 13.4. The topological polar surface area (TPSA) is 79.8 Å². The highest BCUT2D eigenvalue weighted by Crippen LogP contribution is 2.32. The third-order valence-electron chi connectivity index (χ3n) is 6.12. The molecule has 3 aromatic rings. The normalized spacial score (nSPS) is 14.3. The number of hydrogen-bond acceptors (Lipinski definition) is 6. The van der Waals surface area contributed by atoms with Crippen molar-refractivity contribution in [2.45, 2.75) is 19.3 Å². The molecule has 7 nitrogen and oxygen atoms in total. The summed E-state index contributed by atoms with van der Waals surface area (Å²) in [6.07, 6.45) is 2.51. The molecule has 0 spiro atoms. The molecule has 0 N–H and O–H groups in total. The van der Waals surface area contributed by atoms with Crippen LogP contribution in [0, 0.1) is 11.7 Å². The summed E-state index contributed by atoms with van der Waals surface area (Å²) < 4.78 is 18.5. The first-order valence-electron chi connectivity index (χ1n) is 11.0. The zero-order valence-corrected chi connectivity index (χ0v) is 20.2. The molecule has 0 radical (unpaired) electrons. The van der Waals surface area contributed by atoms with E-state index in [-0.39, 0.29) is 28.0 Å². The number of thiophene rings is 1. The lowest BCUT2D eigenvalue weighted by Gasteiger charge is -2.32. The van der Waals surface area contributed by atoms with E-state index in [1.165, 1.54) is 38.2 Å². The number of hydrogen-bond donors (Lipinski definition) is 0. The molecule has 1 aromatic carbocycles. The molecule has 34 heavy (non-hydrogen) atoms. The molecular weight excluding hydrogens is 457 g/mol. The highest BCUT2D eigenvalue weighted by molar-refractivity contribution is 7.14. The number of rotatable bonds is 6. The van der Waals surface area contributed by atoms with Crippen molar-refractivity contribution < 1.29 is 23.5 Å². The number of likely N-dealkylation sites (N-methyl/N-ethyl adjacent to an activating group) is 1. The monoisotopic (exact) mass is 483 g/mol. The fourth-order valence-corrected chi connectivity index (χ4v) is 5.10. The lowest BCUT2D eigenvalue weighted by molar-refractivity contribution is -0.124. The van der Waals surface area contributed by atoms with E-state index in [1.54, 1.807) is 28.5 Å². The van der Waals surface area contributed by atoms with Crippen molar-refractivity contribution in [2.24, 2.45) is 5.92 Å². The average molecular weight is 484 g/mol. The van der Waals surface area contributed by atoms with Crippen LogP contribution >= 0.6 is 11.3 Å². The van der Waals surface area contributed by atoms with E-state index in [9.17, 15) is 18.8 Å². The number of fused-ring (bicyclic) bond motifs is 1. The fraction of sp³-hybridized carbons (Fsp3) is 0.360. The maximum atomic E-state index is 13.4. The van der Waals surface area contributed by atoms with Gasteiger partial charge in [0.05, 0.1) is 17.5 Å². The van der Waals surface area contributed by atoms with Crippen LogP contribution in [0.15, 0.2) is 35.7 Å². The summed E-state index contributed by atoms with van der Waals surface area (Å²) in [4.78, 5) is 45.9. The smallest absolute Gasteiger partial charge is 0.295 e. The van der Waals surface area contributed by atoms with E-state index in [4.69, 9.17) is 4.74 Å². The van der Waals surface area contributed by atoms with Crippen molar-refractivity contribution in [3.05, 3.63) is 57.5 Å². The number of ether oxygens (including phenoxy) is 1. The molecule has 0 unspecified atom stereocenters. The van der Waals surface area contributed by atoms with Crippen LogP contribution < -0.4 is 4.74 Å². The van der Waals surface area contributed by atoms with E-state index in [0.717, 1.165) is 36.2 Å². The molecular formula is C25H26FN3O4S. The number of ketones is 1. The lowest BCUT2D eigenvalue weighted by atomic mass is 9.90. The predicted molar refractivity (Wildman–Crippen MR) is 128 cm³/mol. The van der Waals surface area contributed by atoms with Crippen molar-refractivity contribution in [1.29, 1.82) is 0 Å². The van der Waals surface area contributed by atoms with Gasteiger partial charge in [-0.2, -0.15) is 0 Å². The van der Waals surface area contributed by atoms with Gasteiger partial charge in [-0.1, -0.05) is 12.1 Å². The van der Waals surface area contributed by atoms with Gasteiger partial charge in [-0.05, 0) is 48.9 Å². The van der Waals surface area contributed by atoms with Crippen molar-refractivity contribution in [3.63, 3.8) is 0 Å². The van der Waals surface area contributed by atoms with Crippen LogP contribution in [-0.4, -0.2) is 66.7 Å². The minimum absolute atomic E-state index is 0.196. The number of piperidine rings is 1. The minimum Gasteiger partial charge on any atom is -0.480 e. The lowest BCUT2D eigenvalue weighted by Crippen LogP contribution is -2.39. The number of nitrogens with zero attached hydrogens (tertiary/aromatic N) is 3. The number of likely N-dealkylation sites (tertiary alicyclic amines) is 1. The van der Waals surface area contributed by atoms with Crippen molar-refractivity contribution in [3.8, 4) is 5.88 Å². The molecule has 3 heterocycles. The highest BCUT2D eigenvalue weighted by Gasteiger charge is 2.29.